The molecule has 3 aliphatic rings. The summed E-state index contributed by atoms with van der Waals surface area (Å²) in [5.74, 6) is 0.592. The molecular weight excluding hydrogens is 678 g/mol. The van der Waals surface area contributed by atoms with Crippen molar-refractivity contribution in [1.29, 1.82) is 0 Å². The summed E-state index contributed by atoms with van der Waals surface area (Å²) in [6.45, 7) is 22.8. The van der Waals surface area contributed by atoms with Gasteiger partial charge in [0.1, 0.15) is 0 Å². The number of fused-ring (bicyclic) bond motifs is 5. The predicted molar refractivity (Wildman–Crippen MR) is 225 cm³/mol. The number of unbranched alkanes of at least 4 members (excludes halogenated alkanes) is 1. The molecule has 3 aliphatic carbocycles. The molecule has 52 heavy (non-hydrogen) atoms. The molecule has 0 radical (unpaired) electrons. The third-order valence-corrected chi connectivity index (χ3v) is 12.9. The number of benzene rings is 4. The van der Waals surface area contributed by atoms with Crippen LogP contribution in [0.1, 0.15) is 122 Å². The Bertz CT molecular complexity index is 2090. The first-order valence-corrected chi connectivity index (χ1v) is 20.8. The molecule has 5 aromatic rings. The van der Waals surface area contributed by atoms with Crippen LogP contribution in [-0.4, -0.2) is 4.11 Å². The van der Waals surface area contributed by atoms with Gasteiger partial charge in [-0.05, 0) is 36.1 Å². The predicted octanol–water partition coefficient (Wildman–Crippen LogP) is 14.0. The maximum absolute atomic E-state index is 3.43. The monoisotopic (exact) mass is 732 g/mol. The van der Waals surface area contributed by atoms with Crippen molar-refractivity contribution in [2.45, 2.75) is 99.3 Å². The molecule has 0 nitrogen and oxygen atoms in total. The summed E-state index contributed by atoms with van der Waals surface area (Å²) in [5, 5.41) is 5.57. The van der Waals surface area contributed by atoms with Crippen LogP contribution in [-0.2, 0) is 28.7 Å². The quantitative estimate of drug-likeness (QED) is 0.125. The standard InChI is InChI=1S/C25H25.C13H10.C13H21.Zn/c1-14-12-24(3,4)22-8-16-7-17-9-23-19(15(2)13-25(23,5)6)11-21(17)20(16)10-18(14)22;1-3-7-12(8-4-1)11-13-9-5-2-6-10-13;1-5-6-7-11-8-9-12(10-11)13(2,3)4;/h7-13H,1-6H3;1-10H;9-11H,5-7H2,1-4H3;/q-1;;-1;. The fraction of sp³-hybridized carbons (Fsp3) is 0.333. The fourth-order valence-electron chi connectivity index (χ4n) is 8.23. The van der Waals surface area contributed by atoms with Crippen molar-refractivity contribution in [2.75, 3.05) is 0 Å². The van der Waals surface area contributed by atoms with Crippen molar-refractivity contribution in [3.63, 3.8) is 0 Å². The van der Waals surface area contributed by atoms with E-state index in [9.17, 15) is 0 Å². The van der Waals surface area contributed by atoms with E-state index < -0.39 is 0 Å². The van der Waals surface area contributed by atoms with Gasteiger partial charge in [-0.3, -0.25) is 6.08 Å². The molecular formula is C51H56Zn-2. The van der Waals surface area contributed by atoms with Gasteiger partial charge in [0.25, 0.3) is 0 Å². The molecule has 5 aromatic carbocycles. The average molecular weight is 734 g/mol. The zero-order chi connectivity index (χ0) is 37.4. The molecule has 0 aromatic heterocycles. The van der Waals surface area contributed by atoms with Gasteiger partial charge < -0.3 is 0 Å². The number of hydrogen-bond donors (Lipinski definition) is 0. The fourth-order valence-corrected chi connectivity index (χ4v) is 9.22. The minimum absolute atomic E-state index is 0.139. The summed E-state index contributed by atoms with van der Waals surface area (Å²) in [4.78, 5) is 0. The van der Waals surface area contributed by atoms with Gasteiger partial charge in [-0.25, -0.2) is 6.08 Å². The van der Waals surface area contributed by atoms with Crippen molar-refractivity contribution in [3.05, 3.63) is 160 Å². The number of hydrogen-bond acceptors (Lipinski definition) is 0. The molecule has 8 rings (SSSR count). The number of rotatable bonds is 5. The van der Waals surface area contributed by atoms with Gasteiger partial charge in [0.05, 0.1) is 0 Å². The van der Waals surface area contributed by atoms with Crippen LogP contribution < -0.4 is 0 Å². The van der Waals surface area contributed by atoms with Crippen LogP contribution in [0, 0.1) is 17.4 Å². The Morgan fingerprint density at radius 1 is 0.731 bits per heavy atom. The van der Waals surface area contributed by atoms with Crippen molar-refractivity contribution < 1.29 is 17.9 Å². The van der Waals surface area contributed by atoms with Crippen molar-refractivity contribution in [1.82, 2.24) is 0 Å². The zero-order valence-electron chi connectivity index (χ0n) is 33.4. The third-order valence-electron chi connectivity index (χ3n) is 11.2. The van der Waals surface area contributed by atoms with E-state index in [0.717, 1.165) is 0 Å². The number of allylic oxidation sites excluding steroid dienone is 8. The second kappa shape index (κ2) is 14.9. The van der Waals surface area contributed by atoms with E-state index in [1.54, 1.807) is 0 Å². The summed E-state index contributed by atoms with van der Waals surface area (Å²) >= 11 is 1.19. The molecule has 0 fully saturated rings. The topological polar surface area (TPSA) is 0 Å². The minimum atomic E-state index is 0.139. The third kappa shape index (κ3) is 7.92. The first kappa shape index (κ1) is 37.9. The first-order chi connectivity index (χ1) is 24.6. The molecule has 0 saturated heterocycles. The van der Waals surface area contributed by atoms with Crippen LogP contribution in [0.4, 0.5) is 0 Å². The maximum atomic E-state index is 3.43. The van der Waals surface area contributed by atoms with E-state index in [0.29, 0.717) is 11.3 Å². The Morgan fingerprint density at radius 3 is 1.60 bits per heavy atom. The van der Waals surface area contributed by atoms with E-state index in [4.69, 9.17) is 0 Å². The van der Waals surface area contributed by atoms with Crippen LogP contribution in [0.2, 0.25) is 0 Å². The zero-order valence-corrected chi connectivity index (χ0v) is 36.3. The van der Waals surface area contributed by atoms with Gasteiger partial charge >= 0.3 is 93.7 Å². The van der Waals surface area contributed by atoms with E-state index in [1.807, 2.05) is 0 Å². The van der Waals surface area contributed by atoms with Gasteiger partial charge in [0.15, 0.2) is 0 Å². The van der Waals surface area contributed by atoms with Crippen LogP contribution in [0.15, 0.2) is 121 Å². The van der Waals surface area contributed by atoms with E-state index in [1.165, 1.54) is 113 Å². The molecule has 0 amide bonds. The van der Waals surface area contributed by atoms with Gasteiger partial charge in [0.2, 0.25) is 0 Å². The van der Waals surface area contributed by atoms with Crippen molar-refractivity contribution in [3.8, 4) is 0 Å². The van der Waals surface area contributed by atoms with Crippen LogP contribution >= 0.6 is 0 Å². The molecule has 1 heteroatoms. The van der Waals surface area contributed by atoms with Crippen molar-refractivity contribution in [2.24, 2.45) is 11.3 Å². The van der Waals surface area contributed by atoms with Gasteiger partial charge in [0, 0.05) is 10.8 Å². The van der Waals surface area contributed by atoms with Crippen molar-refractivity contribution >= 4 is 36.8 Å². The second-order valence-electron chi connectivity index (χ2n) is 17.4. The molecule has 0 spiro atoms. The Hall–Kier alpha value is -3.80. The Kier molecular flexibility index (Phi) is 10.9. The van der Waals surface area contributed by atoms with E-state index >= 15 is 0 Å². The normalized spacial score (nSPS) is 17.8. The Morgan fingerprint density at radius 2 is 1.19 bits per heavy atom. The molecule has 1 unspecified atom stereocenters. The molecule has 264 valence electrons. The average Bonchev–Trinajstić information content (AvgIpc) is 3.84. The van der Waals surface area contributed by atoms with Gasteiger partial charge in [-0.2, -0.15) is 11.6 Å². The molecule has 0 aliphatic heterocycles. The summed E-state index contributed by atoms with van der Waals surface area (Å²) in [7, 11) is 0. The second-order valence-corrected chi connectivity index (χ2v) is 18.8. The molecule has 0 saturated carbocycles. The van der Waals surface area contributed by atoms with Crippen LogP contribution in [0.5, 0.6) is 0 Å². The summed E-state index contributed by atoms with van der Waals surface area (Å²) < 4.78 is 1.45. The van der Waals surface area contributed by atoms with E-state index in [-0.39, 0.29) is 10.8 Å². The van der Waals surface area contributed by atoms with E-state index in [2.05, 4.69) is 191 Å². The summed E-state index contributed by atoms with van der Waals surface area (Å²) in [6.07, 6.45) is 16.7. The molecule has 0 bridgehead atoms. The first-order valence-electron chi connectivity index (χ1n) is 19.3. The SMILES string of the molecule is CC1=CC(C)(C)c2cc3[cH-]c4cc5c(cc4c3cc21)C(C)=CC5(C)C.CCCCC1[C-]=CC(C(C)(C)C)=C1.[Zn]=[C](c1ccccc1)c1ccccc1. The molecule has 0 N–H and O–H groups in total. The van der Waals surface area contributed by atoms with Crippen LogP contribution in [0.25, 0.3) is 32.7 Å². The Labute approximate surface area is 324 Å². The van der Waals surface area contributed by atoms with Crippen LogP contribution in [0.3, 0.4) is 0 Å². The summed E-state index contributed by atoms with van der Waals surface area (Å²) in [6, 6.07) is 33.3. The van der Waals surface area contributed by atoms with Gasteiger partial charge in [-0.1, -0.05) is 121 Å². The molecule has 0 heterocycles. The molecule has 1 atom stereocenters. The van der Waals surface area contributed by atoms with Gasteiger partial charge in [-0.15, -0.1) is 39.7 Å². The summed E-state index contributed by atoms with van der Waals surface area (Å²) in [5.41, 5.74) is 13.3. The Balaban J connectivity index is 0.000000147.